The van der Waals surface area contributed by atoms with Crippen molar-refractivity contribution in [3.8, 4) is 0 Å². The van der Waals surface area contributed by atoms with Gasteiger partial charge in [-0.3, -0.25) is 4.79 Å². The van der Waals surface area contributed by atoms with Crippen molar-refractivity contribution in [2.75, 3.05) is 0 Å². The molecule has 2 unspecified atom stereocenters. The van der Waals surface area contributed by atoms with Crippen molar-refractivity contribution < 1.29 is 4.79 Å². The zero-order valence-corrected chi connectivity index (χ0v) is 10.1. The normalized spacial score (nSPS) is 32.6. The second kappa shape index (κ2) is 3.84. The SMILES string of the molecule is CCC1CCC2=C(C1)SC1=NC=NC(=O)C12. The van der Waals surface area contributed by atoms with Gasteiger partial charge in [0, 0.05) is 0 Å². The molecule has 0 N–H and O–H groups in total. The molecule has 16 heavy (non-hydrogen) atoms. The number of hydrogen-bond donors (Lipinski definition) is 0. The van der Waals surface area contributed by atoms with Crippen LogP contribution in [0.5, 0.6) is 0 Å². The molecular formula is C12H14N2OS. The maximum atomic E-state index is 11.8. The highest BCUT2D eigenvalue weighted by Crippen LogP contribution is 2.48. The van der Waals surface area contributed by atoms with E-state index < -0.39 is 0 Å². The smallest absolute Gasteiger partial charge is 0.261 e. The quantitative estimate of drug-likeness (QED) is 0.700. The molecule has 3 rings (SSSR count). The van der Waals surface area contributed by atoms with Gasteiger partial charge in [0.25, 0.3) is 5.91 Å². The van der Waals surface area contributed by atoms with Gasteiger partial charge in [-0.1, -0.05) is 25.1 Å². The molecule has 2 heterocycles. The number of rotatable bonds is 1. The first-order valence-electron chi connectivity index (χ1n) is 5.83. The Labute approximate surface area is 99.1 Å². The molecule has 0 radical (unpaired) electrons. The van der Waals surface area contributed by atoms with Gasteiger partial charge in [0.15, 0.2) is 0 Å². The Balaban J connectivity index is 1.92. The molecule has 0 aromatic heterocycles. The van der Waals surface area contributed by atoms with Crippen LogP contribution in [-0.4, -0.2) is 17.3 Å². The minimum absolute atomic E-state index is 0.0163. The average molecular weight is 234 g/mol. The van der Waals surface area contributed by atoms with Crippen molar-refractivity contribution in [1.82, 2.24) is 0 Å². The molecule has 0 bridgehead atoms. The van der Waals surface area contributed by atoms with Crippen LogP contribution in [0.15, 0.2) is 20.5 Å². The molecule has 0 spiro atoms. The first-order valence-corrected chi connectivity index (χ1v) is 6.65. The van der Waals surface area contributed by atoms with Crippen LogP contribution in [0.3, 0.4) is 0 Å². The highest BCUT2D eigenvalue weighted by molar-refractivity contribution is 8.17. The zero-order chi connectivity index (χ0) is 11.1. The molecule has 2 aliphatic heterocycles. The third-order valence-electron chi connectivity index (χ3n) is 3.67. The second-order valence-electron chi connectivity index (χ2n) is 4.55. The summed E-state index contributed by atoms with van der Waals surface area (Å²) in [6.45, 7) is 2.24. The van der Waals surface area contributed by atoms with Crippen molar-refractivity contribution >= 4 is 29.1 Å². The molecule has 2 atom stereocenters. The van der Waals surface area contributed by atoms with Crippen LogP contribution in [0.2, 0.25) is 0 Å². The Morgan fingerprint density at radius 1 is 1.56 bits per heavy atom. The number of allylic oxidation sites excluding steroid dienone is 1. The van der Waals surface area contributed by atoms with Crippen LogP contribution in [0.1, 0.15) is 32.6 Å². The van der Waals surface area contributed by atoms with Crippen molar-refractivity contribution in [3.63, 3.8) is 0 Å². The second-order valence-corrected chi connectivity index (χ2v) is 5.67. The van der Waals surface area contributed by atoms with Crippen molar-refractivity contribution in [1.29, 1.82) is 0 Å². The molecule has 4 heteroatoms. The van der Waals surface area contributed by atoms with Gasteiger partial charge in [0.05, 0.1) is 5.04 Å². The predicted octanol–water partition coefficient (Wildman–Crippen LogP) is 2.78. The van der Waals surface area contributed by atoms with E-state index in [0.29, 0.717) is 0 Å². The number of carbonyl (C=O) groups excluding carboxylic acids is 1. The molecule has 3 aliphatic rings. The van der Waals surface area contributed by atoms with Crippen LogP contribution in [0.25, 0.3) is 0 Å². The Hall–Kier alpha value is -0.900. The predicted molar refractivity (Wildman–Crippen MR) is 66.7 cm³/mol. The van der Waals surface area contributed by atoms with E-state index >= 15 is 0 Å². The topological polar surface area (TPSA) is 41.8 Å². The maximum Gasteiger partial charge on any atom is 0.261 e. The zero-order valence-electron chi connectivity index (χ0n) is 9.27. The molecule has 0 fully saturated rings. The summed E-state index contributed by atoms with van der Waals surface area (Å²) in [5.74, 6) is 0.670. The van der Waals surface area contributed by atoms with E-state index in [1.165, 1.54) is 29.7 Å². The fourth-order valence-electron chi connectivity index (χ4n) is 2.66. The number of nitrogens with zero attached hydrogens (tertiary/aromatic N) is 2. The standard InChI is InChI=1S/C12H14N2OS/c1-2-7-3-4-8-9(5-7)16-12-10(8)11(15)13-6-14-12/h6-7,10H,2-5H2,1H3. The highest BCUT2D eigenvalue weighted by atomic mass is 32.2. The van der Waals surface area contributed by atoms with Crippen LogP contribution < -0.4 is 0 Å². The number of thioether (sulfide) groups is 1. The summed E-state index contributed by atoms with van der Waals surface area (Å²) in [7, 11) is 0. The Bertz CT molecular complexity index is 436. The molecule has 84 valence electrons. The van der Waals surface area contributed by atoms with Gasteiger partial charge in [-0.15, -0.1) is 0 Å². The first-order chi connectivity index (χ1) is 7.79. The summed E-state index contributed by atoms with van der Waals surface area (Å²) in [5.41, 5.74) is 1.32. The van der Waals surface area contributed by atoms with Crippen LogP contribution in [-0.2, 0) is 4.79 Å². The Morgan fingerprint density at radius 2 is 2.44 bits per heavy atom. The van der Waals surface area contributed by atoms with Crippen LogP contribution >= 0.6 is 11.8 Å². The molecule has 3 nitrogen and oxygen atoms in total. The molecule has 1 aliphatic carbocycles. The Morgan fingerprint density at radius 3 is 3.25 bits per heavy atom. The van der Waals surface area contributed by atoms with E-state index in [1.54, 1.807) is 11.8 Å². The van der Waals surface area contributed by atoms with E-state index in [0.717, 1.165) is 23.8 Å². The lowest BCUT2D eigenvalue weighted by atomic mass is 9.83. The van der Waals surface area contributed by atoms with Gasteiger partial charge < -0.3 is 0 Å². The van der Waals surface area contributed by atoms with Gasteiger partial charge in [-0.05, 0) is 35.7 Å². The van der Waals surface area contributed by atoms with Gasteiger partial charge in [-0.2, -0.15) is 0 Å². The van der Waals surface area contributed by atoms with Gasteiger partial charge in [0.1, 0.15) is 12.3 Å². The van der Waals surface area contributed by atoms with Gasteiger partial charge in [0.2, 0.25) is 0 Å². The summed E-state index contributed by atoms with van der Waals surface area (Å²) in [4.78, 5) is 21.2. The molecule has 1 amide bonds. The average Bonchev–Trinajstić information content (AvgIpc) is 2.67. The summed E-state index contributed by atoms with van der Waals surface area (Å²) in [5, 5.41) is 0.960. The number of fused-ring (bicyclic) bond motifs is 2. The number of hydrogen-bond acceptors (Lipinski definition) is 3. The lowest BCUT2D eigenvalue weighted by Gasteiger charge is -2.23. The third kappa shape index (κ3) is 1.47. The minimum Gasteiger partial charge on any atom is -0.271 e. The molecule has 0 saturated carbocycles. The fraction of sp³-hybridized carbons (Fsp3) is 0.583. The monoisotopic (exact) mass is 234 g/mol. The summed E-state index contributed by atoms with van der Waals surface area (Å²) >= 11 is 1.72. The molecule has 0 aromatic carbocycles. The molecular weight excluding hydrogens is 220 g/mol. The largest absolute Gasteiger partial charge is 0.271 e. The fourth-order valence-corrected chi connectivity index (χ4v) is 4.05. The number of carbonyl (C=O) groups is 1. The van der Waals surface area contributed by atoms with E-state index in [1.807, 2.05) is 0 Å². The van der Waals surface area contributed by atoms with Gasteiger partial charge in [-0.25, -0.2) is 9.98 Å². The van der Waals surface area contributed by atoms with E-state index in [4.69, 9.17) is 0 Å². The van der Waals surface area contributed by atoms with E-state index in [2.05, 4.69) is 16.9 Å². The summed E-state index contributed by atoms with van der Waals surface area (Å²) in [6.07, 6.45) is 6.05. The first kappa shape index (κ1) is 10.3. The lowest BCUT2D eigenvalue weighted by Crippen LogP contribution is -2.23. The number of amides is 1. The molecule has 0 saturated heterocycles. The summed E-state index contributed by atoms with van der Waals surface area (Å²) in [6, 6.07) is 0. The number of aliphatic imine (C=N–C) groups is 2. The minimum atomic E-state index is -0.109. The van der Waals surface area contributed by atoms with Crippen LogP contribution in [0.4, 0.5) is 0 Å². The lowest BCUT2D eigenvalue weighted by molar-refractivity contribution is -0.118. The third-order valence-corrected chi connectivity index (χ3v) is 4.90. The van der Waals surface area contributed by atoms with Gasteiger partial charge >= 0.3 is 0 Å². The van der Waals surface area contributed by atoms with E-state index in [-0.39, 0.29) is 11.8 Å². The highest BCUT2D eigenvalue weighted by Gasteiger charge is 2.40. The Kier molecular flexibility index (Phi) is 2.46. The van der Waals surface area contributed by atoms with Crippen LogP contribution in [0, 0.1) is 11.8 Å². The molecule has 0 aromatic rings. The van der Waals surface area contributed by atoms with Crippen molar-refractivity contribution in [2.24, 2.45) is 21.8 Å². The van der Waals surface area contributed by atoms with Crippen molar-refractivity contribution in [2.45, 2.75) is 32.6 Å². The summed E-state index contributed by atoms with van der Waals surface area (Å²) < 4.78 is 0. The van der Waals surface area contributed by atoms with Crippen molar-refractivity contribution in [3.05, 3.63) is 10.5 Å². The van der Waals surface area contributed by atoms with E-state index in [9.17, 15) is 4.79 Å². The maximum absolute atomic E-state index is 11.8.